The molecule has 1 rings (SSSR count). The van der Waals surface area contributed by atoms with Crippen molar-refractivity contribution in [3.8, 4) is 0 Å². The fraction of sp³-hybridized carbons (Fsp3) is 0.417. The third kappa shape index (κ3) is 4.53. The van der Waals surface area contributed by atoms with Crippen molar-refractivity contribution in [1.29, 1.82) is 0 Å². The number of nitrogens with two attached hydrogens (primary N) is 1. The van der Waals surface area contributed by atoms with Gasteiger partial charge in [-0.25, -0.2) is 18.2 Å². The first-order valence-electron chi connectivity index (χ1n) is 6.03. The van der Waals surface area contributed by atoms with E-state index in [0.29, 0.717) is 6.42 Å². The topological polar surface area (TPSA) is 92.5 Å². The second-order valence-corrected chi connectivity index (χ2v) is 5.91. The molecule has 19 heavy (non-hydrogen) atoms. The maximum absolute atomic E-state index is 12.1. The fourth-order valence-corrected chi connectivity index (χ4v) is 2.50. The van der Waals surface area contributed by atoms with Crippen molar-refractivity contribution in [2.45, 2.75) is 31.6 Å². The van der Waals surface area contributed by atoms with Crippen LogP contribution in [0.5, 0.6) is 0 Å². The molecule has 0 aromatic heterocycles. The molecule has 0 fully saturated rings. The van der Waals surface area contributed by atoms with Gasteiger partial charge in [0, 0.05) is 6.54 Å². The van der Waals surface area contributed by atoms with Crippen molar-refractivity contribution in [1.82, 2.24) is 9.84 Å². The van der Waals surface area contributed by atoms with Crippen molar-refractivity contribution in [3.63, 3.8) is 0 Å². The van der Waals surface area contributed by atoms with Crippen molar-refractivity contribution in [3.05, 3.63) is 29.8 Å². The number of unbranched alkanes of at least 4 members (excludes halogenated alkanes) is 1. The highest BCUT2D eigenvalue weighted by molar-refractivity contribution is 7.89. The lowest BCUT2D eigenvalue weighted by atomic mass is 10.2. The smallest absolute Gasteiger partial charge is 0.329 e. The predicted molar refractivity (Wildman–Crippen MR) is 72.7 cm³/mol. The molecule has 0 radical (unpaired) electrons. The number of carbonyl (C=O) groups excluding carboxylic acids is 1. The second-order valence-electron chi connectivity index (χ2n) is 4.25. The molecule has 0 atom stereocenters. The van der Waals surface area contributed by atoms with Crippen LogP contribution in [0.1, 0.15) is 25.3 Å². The minimum atomic E-state index is -3.78. The van der Waals surface area contributed by atoms with Gasteiger partial charge >= 0.3 is 6.03 Å². The first-order chi connectivity index (χ1) is 8.86. The van der Waals surface area contributed by atoms with E-state index in [2.05, 4.69) is 4.83 Å². The van der Waals surface area contributed by atoms with Crippen molar-refractivity contribution in [2.75, 3.05) is 6.54 Å². The molecule has 0 aliphatic rings. The third-order valence-electron chi connectivity index (χ3n) is 2.56. The molecule has 0 unspecified atom stereocenters. The maximum atomic E-state index is 12.1. The Kier molecular flexibility index (Phi) is 5.31. The lowest BCUT2D eigenvalue weighted by Crippen LogP contribution is -2.49. The number of urea groups is 1. The van der Waals surface area contributed by atoms with E-state index in [1.165, 1.54) is 12.1 Å². The molecule has 6 nitrogen and oxygen atoms in total. The molecule has 7 heteroatoms. The number of nitrogens with zero attached hydrogens (tertiary/aromatic N) is 1. The Morgan fingerprint density at radius 2 is 1.89 bits per heavy atom. The summed E-state index contributed by atoms with van der Waals surface area (Å²) in [7, 11) is -3.78. The highest BCUT2D eigenvalue weighted by atomic mass is 32.2. The molecule has 0 aliphatic heterocycles. The fourth-order valence-electron chi connectivity index (χ4n) is 1.43. The van der Waals surface area contributed by atoms with Gasteiger partial charge in [0.05, 0.1) is 4.90 Å². The Morgan fingerprint density at radius 3 is 2.37 bits per heavy atom. The van der Waals surface area contributed by atoms with Crippen LogP contribution >= 0.6 is 0 Å². The molecule has 1 aromatic rings. The summed E-state index contributed by atoms with van der Waals surface area (Å²) in [5.41, 5.74) is 6.10. The van der Waals surface area contributed by atoms with Crippen molar-refractivity contribution >= 4 is 16.1 Å². The zero-order valence-electron chi connectivity index (χ0n) is 11.1. The van der Waals surface area contributed by atoms with Gasteiger partial charge in [-0.05, 0) is 25.5 Å². The normalized spacial score (nSPS) is 11.3. The van der Waals surface area contributed by atoms with Crippen LogP contribution in [0.15, 0.2) is 29.2 Å². The first-order valence-corrected chi connectivity index (χ1v) is 7.51. The minimum Gasteiger partial charge on any atom is -0.350 e. The van der Waals surface area contributed by atoms with Crippen LogP contribution in [-0.4, -0.2) is 26.0 Å². The van der Waals surface area contributed by atoms with E-state index < -0.39 is 16.1 Å². The van der Waals surface area contributed by atoms with Crippen LogP contribution < -0.4 is 10.6 Å². The lowest BCUT2D eigenvalue weighted by Gasteiger charge is -2.20. The summed E-state index contributed by atoms with van der Waals surface area (Å²) in [4.78, 5) is 13.5. The highest BCUT2D eigenvalue weighted by Gasteiger charge is 2.20. The summed E-state index contributed by atoms with van der Waals surface area (Å²) in [5.74, 6) is 0. The number of hydrogen-bond donors (Lipinski definition) is 2. The molecule has 3 N–H and O–H groups in total. The highest BCUT2D eigenvalue weighted by Crippen LogP contribution is 2.10. The molecule has 1 aromatic carbocycles. The SMILES string of the molecule is CCCCN(NS(=O)(=O)c1ccc(C)cc1)C(N)=O. The van der Waals surface area contributed by atoms with Gasteiger partial charge in [-0.3, -0.25) is 0 Å². The molecule has 0 saturated carbocycles. The van der Waals surface area contributed by atoms with Crippen molar-refractivity contribution in [2.24, 2.45) is 5.73 Å². The Labute approximate surface area is 113 Å². The third-order valence-corrected chi connectivity index (χ3v) is 3.92. The summed E-state index contributed by atoms with van der Waals surface area (Å²) in [6, 6.07) is 5.53. The van der Waals surface area contributed by atoms with Crippen LogP contribution in [0, 0.1) is 6.92 Å². The standard InChI is InChI=1S/C12H19N3O3S/c1-3-4-9-15(12(13)16)14-19(17,18)11-7-5-10(2)6-8-11/h5-8,14H,3-4,9H2,1-2H3,(H2,13,16). The molecule has 0 saturated heterocycles. The quantitative estimate of drug-likeness (QED) is 0.773. The number of nitrogens with one attached hydrogen (secondary N) is 1. The predicted octanol–water partition coefficient (Wildman–Crippen LogP) is 1.37. The zero-order valence-corrected chi connectivity index (χ0v) is 11.9. The zero-order chi connectivity index (χ0) is 14.5. The van der Waals surface area contributed by atoms with Gasteiger partial charge in [0.15, 0.2) is 0 Å². The van der Waals surface area contributed by atoms with Crippen molar-refractivity contribution < 1.29 is 13.2 Å². The number of amides is 2. The number of hydrazine groups is 1. The maximum Gasteiger partial charge on any atom is 0.329 e. The number of benzene rings is 1. The average Bonchev–Trinajstić information content (AvgIpc) is 2.34. The summed E-state index contributed by atoms with van der Waals surface area (Å²) in [5, 5.41) is 0.915. The summed E-state index contributed by atoms with van der Waals surface area (Å²) in [6.45, 7) is 4.05. The summed E-state index contributed by atoms with van der Waals surface area (Å²) >= 11 is 0. The van der Waals surface area contributed by atoms with E-state index in [0.717, 1.165) is 17.0 Å². The Morgan fingerprint density at radius 1 is 1.32 bits per heavy atom. The molecular weight excluding hydrogens is 266 g/mol. The Balaban J connectivity index is 2.87. The first kappa shape index (κ1) is 15.5. The van der Waals surface area contributed by atoms with Gasteiger partial charge in [0.2, 0.25) is 0 Å². The number of rotatable bonds is 6. The molecule has 106 valence electrons. The van der Waals surface area contributed by atoms with Crippen LogP contribution in [-0.2, 0) is 10.0 Å². The lowest BCUT2D eigenvalue weighted by molar-refractivity contribution is 0.197. The van der Waals surface area contributed by atoms with E-state index in [9.17, 15) is 13.2 Å². The van der Waals surface area contributed by atoms with Gasteiger partial charge in [0.1, 0.15) is 0 Å². The summed E-state index contributed by atoms with van der Waals surface area (Å²) < 4.78 is 24.1. The number of hydrogen-bond acceptors (Lipinski definition) is 3. The van der Waals surface area contributed by atoms with Crippen LogP contribution in [0.2, 0.25) is 0 Å². The van der Waals surface area contributed by atoms with E-state index >= 15 is 0 Å². The Bertz CT molecular complexity index is 526. The Hall–Kier alpha value is -1.60. The van der Waals surface area contributed by atoms with Gasteiger partial charge < -0.3 is 5.73 Å². The number of primary amides is 1. The van der Waals surface area contributed by atoms with Crippen LogP contribution in [0.25, 0.3) is 0 Å². The molecule has 0 bridgehead atoms. The van der Waals surface area contributed by atoms with E-state index in [1.54, 1.807) is 12.1 Å². The van der Waals surface area contributed by atoms with Gasteiger partial charge in [0.25, 0.3) is 10.0 Å². The average molecular weight is 285 g/mol. The summed E-state index contributed by atoms with van der Waals surface area (Å²) in [6.07, 6.45) is 1.50. The molecule has 0 spiro atoms. The van der Waals surface area contributed by atoms with Gasteiger partial charge in [-0.15, -0.1) is 4.83 Å². The molecular formula is C12H19N3O3S. The van der Waals surface area contributed by atoms with Gasteiger partial charge in [-0.1, -0.05) is 31.0 Å². The molecule has 0 aliphatic carbocycles. The van der Waals surface area contributed by atoms with Crippen LogP contribution in [0.3, 0.4) is 0 Å². The van der Waals surface area contributed by atoms with Gasteiger partial charge in [-0.2, -0.15) is 0 Å². The number of sulfonamides is 1. The monoisotopic (exact) mass is 285 g/mol. The van der Waals surface area contributed by atoms with E-state index in [1.807, 2.05) is 13.8 Å². The number of carbonyl (C=O) groups is 1. The minimum absolute atomic E-state index is 0.0980. The number of aryl methyl sites for hydroxylation is 1. The molecule has 2 amide bonds. The van der Waals surface area contributed by atoms with E-state index in [4.69, 9.17) is 5.73 Å². The second kappa shape index (κ2) is 6.53. The largest absolute Gasteiger partial charge is 0.350 e. The van der Waals surface area contributed by atoms with Crippen LogP contribution in [0.4, 0.5) is 4.79 Å². The van der Waals surface area contributed by atoms with E-state index in [-0.39, 0.29) is 11.4 Å². The molecule has 0 heterocycles.